The van der Waals surface area contributed by atoms with Crippen molar-refractivity contribution in [3.63, 3.8) is 0 Å². The molecule has 2 amide bonds. The zero-order chi connectivity index (χ0) is 10.1. The van der Waals surface area contributed by atoms with Crippen LogP contribution in [-0.4, -0.2) is 12.3 Å². The number of nitrogens with one attached hydrogen (secondary N) is 1. The minimum Gasteiger partial charge on any atom is -0.327 e. The average molecular weight is 192 g/mol. The van der Waals surface area contributed by atoms with Crippen molar-refractivity contribution in [3.05, 3.63) is 28.8 Å². The number of carbonyl (C=O) groups is 2. The number of rotatable bonds is 2. The van der Waals surface area contributed by atoms with Gasteiger partial charge in [-0.2, -0.15) is 0 Å². The topological polar surface area (TPSA) is 58.5 Å². The third-order valence-corrected chi connectivity index (χ3v) is 1.89. The molecule has 1 aliphatic heterocycles. The summed E-state index contributed by atoms with van der Waals surface area (Å²) >= 11 is 0. The molecule has 0 fully saturated rings. The third-order valence-electron chi connectivity index (χ3n) is 1.89. The lowest BCUT2D eigenvalue weighted by molar-refractivity contribution is -0.113. The van der Waals surface area contributed by atoms with Gasteiger partial charge in [0, 0.05) is 5.22 Å². The van der Waals surface area contributed by atoms with Crippen molar-refractivity contribution in [2.45, 2.75) is 0 Å². The number of hydrogen-bond donors (Lipinski definition) is 1. The van der Waals surface area contributed by atoms with E-state index < -0.39 is 11.7 Å². The van der Waals surface area contributed by atoms with Crippen LogP contribution in [0.25, 0.3) is 5.83 Å². The largest absolute Gasteiger partial charge is 0.327 e. The second kappa shape index (κ2) is 3.02. The maximum atomic E-state index is 13.1. The van der Waals surface area contributed by atoms with E-state index in [-0.39, 0.29) is 10.6 Å². The van der Waals surface area contributed by atoms with Crippen molar-refractivity contribution in [2.24, 2.45) is 4.99 Å². The van der Waals surface area contributed by atoms with E-state index >= 15 is 0 Å². The van der Waals surface area contributed by atoms with Crippen LogP contribution in [0.1, 0.15) is 0 Å². The normalized spacial score (nSPS) is 13.5. The van der Waals surface area contributed by atoms with Gasteiger partial charge in [0.25, 0.3) is 0 Å². The first-order chi connectivity index (χ1) is 6.74. The predicted octanol–water partition coefficient (Wildman–Crippen LogP) is -0.508. The first kappa shape index (κ1) is 8.55. The van der Waals surface area contributed by atoms with E-state index in [1.54, 1.807) is 12.1 Å². The Balaban J connectivity index is 2.80. The Hall–Kier alpha value is -2.04. The van der Waals surface area contributed by atoms with Gasteiger partial charge >= 0.3 is 5.91 Å². The highest BCUT2D eigenvalue weighted by Crippen LogP contribution is 2.04. The molecule has 0 atom stereocenters. The van der Waals surface area contributed by atoms with Crippen LogP contribution in [0.5, 0.6) is 0 Å². The Labute approximate surface area is 77.8 Å². The van der Waals surface area contributed by atoms with Crippen molar-refractivity contribution in [3.8, 4) is 0 Å². The van der Waals surface area contributed by atoms with Crippen molar-refractivity contribution >= 4 is 23.8 Å². The molecule has 0 spiro atoms. The SMILES string of the molecule is O=CNc1cccc2c1=NC(=O)C=2F. The highest BCUT2D eigenvalue weighted by atomic mass is 19.1. The van der Waals surface area contributed by atoms with Gasteiger partial charge in [-0.3, -0.25) is 9.59 Å². The van der Waals surface area contributed by atoms with Gasteiger partial charge < -0.3 is 5.32 Å². The number of amides is 2. The Kier molecular flexibility index (Phi) is 1.85. The molecule has 1 aromatic rings. The van der Waals surface area contributed by atoms with Crippen LogP contribution in [0, 0.1) is 0 Å². The zero-order valence-electron chi connectivity index (χ0n) is 6.95. The molecule has 0 bridgehead atoms. The lowest BCUT2D eigenvalue weighted by Gasteiger charge is -1.95. The summed E-state index contributed by atoms with van der Waals surface area (Å²) in [4.78, 5) is 24.6. The fraction of sp³-hybridized carbons (Fsp3) is 0. The Morgan fingerprint density at radius 2 is 2.21 bits per heavy atom. The summed E-state index contributed by atoms with van der Waals surface area (Å²) in [5.41, 5.74) is 0.332. The van der Waals surface area contributed by atoms with Crippen LogP contribution in [0.2, 0.25) is 0 Å². The molecule has 1 aromatic carbocycles. The molecular weight excluding hydrogens is 187 g/mol. The summed E-state index contributed by atoms with van der Waals surface area (Å²) in [7, 11) is 0. The molecule has 1 aliphatic rings. The predicted molar refractivity (Wildman–Crippen MR) is 46.4 cm³/mol. The van der Waals surface area contributed by atoms with E-state index in [0.717, 1.165) is 0 Å². The number of nitrogens with zero attached hydrogens (tertiary/aromatic N) is 1. The van der Waals surface area contributed by atoms with Crippen molar-refractivity contribution in [1.29, 1.82) is 0 Å². The van der Waals surface area contributed by atoms with E-state index in [0.29, 0.717) is 12.1 Å². The van der Waals surface area contributed by atoms with Gasteiger partial charge in [-0.15, -0.1) is 0 Å². The van der Waals surface area contributed by atoms with Crippen LogP contribution in [0.3, 0.4) is 0 Å². The van der Waals surface area contributed by atoms with Crippen molar-refractivity contribution in [2.75, 3.05) is 5.32 Å². The molecule has 0 aromatic heterocycles. The number of hydrogen-bond acceptors (Lipinski definition) is 2. The smallest absolute Gasteiger partial charge is 0.307 e. The first-order valence-corrected chi connectivity index (χ1v) is 3.86. The summed E-state index contributed by atoms with van der Waals surface area (Å²) in [6, 6.07) is 4.52. The summed E-state index contributed by atoms with van der Waals surface area (Å²) in [5, 5.41) is 2.65. The van der Waals surface area contributed by atoms with Crippen LogP contribution < -0.4 is 15.9 Å². The number of anilines is 1. The van der Waals surface area contributed by atoms with Gasteiger partial charge in [0.2, 0.25) is 6.41 Å². The summed E-state index contributed by atoms with van der Waals surface area (Å²) < 4.78 is 13.1. The van der Waals surface area contributed by atoms with Crippen LogP contribution in [-0.2, 0) is 9.59 Å². The first-order valence-electron chi connectivity index (χ1n) is 3.86. The lowest BCUT2D eigenvalue weighted by Crippen LogP contribution is -2.25. The van der Waals surface area contributed by atoms with Crippen molar-refractivity contribution < 1.29 is 14.0 Å². The summed E-state index contributed by atoms with van der Waals surface area (Å²) in [5.74, 6) is -1.78. The minimum atomic E-state index is -0.903. The Bertz CT molecular complexity index is 536. The lowest BCUT2D eigenvalue weighted by atomic mass is 10.2. The molecule has 0 saturated carbocycles. The highest BCUT2D eigenvalue weighted by Gasteiger charge is 2.17. The Morgan fingerprint density at radius 1 is 1.43 bits per heavy atom. The van der Waals surface area contributed by atoms with E-state index in [9.17, 15) is 14.0 Å². The molecule has 0 saturated heterocycles. The molecule has 2 rings (SSSR count). The molecule has 0 radical (unpaired) electrons. The molecule has 5 heteroatoms. The zero-order valence-corrected chi connectivity index (χ0v) is 6.95. The fourth-order valence-electron chi connectivity index (χ4n) is 1.29. The van der Waals surface area contributed by atoms with Gasteiger partial charge in [0.15, 0.2) is 5.83 Å². The molecule has 4 nitrogen and oxygen atoms in total. The number of fused-ring (bicyclic) bond motifs is 1. The van der Waals surface area contributed by atoms with E-state index in [1.165, 1.54) is 6.07 Å². The average Bonchev–Trinajstić information content (AvgIpc) is 2.46. The molecule has 1 heterocycles. The second-order valence-corrected chi connectivity index (χ2v) is 2.69. The Morgan fingerprint density at radius 3 is 2.93 bits per heavy atom. The van der Waals surface area contributed by atoms with E-state index in [2.05, 4.69) is 10.3 Å². The summed E-state index contributed by atoms with van der Waals surface area (Å²) in [6.07, 6.45) is 0.450. The second-order valence-electron chi connectivity index (χ2n) is 2.69. The van der Waals surface area contributed by atoms with Gasteiger partial charge in [0.05, 0.1) is 5.69 Å². The molecular formula is C9H5FN2O2. The van der Waals surface area contributed by atoms with Gasteiger partial charge in [-0.05, 0) is 12.1 Å². The van der Waals surface area contributed by atoms with E-state index in [4.69, 9.17) is 0 Å². The highest BCUT2D eigenvalue weighted by molar-refractivity contribution is 6.12. The maximum absolute atomic E-state index is 13.1. The van der Waals surface area contributed by atoms with Gasteiger partial charge in [-0.1, -0.05) is 6.07 Å². The minimum absolute atomic E-state index is 0.127. The number of carbonyl (C=O) groups excluding carboxylic acids is 2. The van der Waals surface area contributed by atoms with Crippen LogP contribution in [0.15, 0.2) is 23.2 Å². The third kappa shape index (κ3) is 1.10. The van der Waals surface area contributed by atoms with Crippen molar-refractivity contribution in [1.82, 2.24) is 0 Å². The van der Waals surface area contributed by atoms with Crippen LogP contribution >= 0.6 is 0 Å². The molecule has 0 unspecified atom stereocenters. The van der Waals surface area contributed by atoms with Crippen LogP contribution in [0.4, 0.5) is 10.1 Å². The number of para-hydroxylation sites is 1. The maximum Gasteiger partial charge on any atom is 0.307 e. The fourth-order valence-corrected chi connectivity index (χ4v) is 1.29. The molecule has 0 aliphatic carbocycles. The summed E-state index contributed by atoms with van der Waals surface area (Å²) in [6.45, 7) is 0. The standard InChI is InChI=1S/C9H5FN2O2/c10-7-5-2-1-3-6(11-4-13)8(5)12-9(7)14/h1-4H,(H,11,13). The molecule has 14 heavy (non-hydrogen) atoms. The monoisotopic (exact) mass is 192 g/mol. The molecule has 70 valence electrons. The van der Waals surface area contributed by atoms with Gasteiger partial charge in [0.1, 0.15) is 5.36 Å². The molecule has 1 N–H and O–H groups in total. The number of benzene rings is 1. The van der Waals surface area contributed by atoms with Gasteiger partial charge in [-0.25, -0.2) is 9.38 Å². The quantitative estimate of drug-likeness (QED) is 0.642. The van der Waals surface area contributed by atoms with E-state index in [1.807, 2.05) is 0 Å². The number of halogens is 1.